The molecule has 0 radical (unpaired) electrons. The van der Waals surface area contributed by atoms with Gasteiger partial charge in [-0.1, -0.05) is 12.1 Å². The lowest BCUT2D eigenvalue weighted by atomic mass is 9.92. The van der Waals surface area contributed by atoms with Crippen molar-refractivity contribution >= 4 is 34.8 Å². The van der Waals surface area contributed by atoms with E-state index in [4.69, 9.17) is 10.5 Å². The highest BCUT2D eigenvalue weighted by molar-refractivity contribution is 7.15. The van der Waals surface area contributed by atoms with E-state index in [1.165, 1.54) is 17.4 Å². The van der Waals surface area contributed by atoms with Gasteiger partial charge in [-0.25, -0.2) is 9.37 Å². The molecule has 1 atom stereocenters. The minimum absolute atomic E-state index is 0. The number of nitrogens with zero attached hydrogens (tertiary/aromatic N) is 1. The van der Waals surface area contributed by atoms with Crippen LogP contribution in [0.3, 0.4) is 0 Å². The second-order valence-electron chi connectivity index (χ2n) is 6.36. The van der Waals surface area contributed by atoms with Gasteiger partial charge in [-0.2, -0.15) is 0 Å². The van der Waals surface area contributed by atoms with Crippen LogP contribution in [0.5, 0.6) is 0 Å². The van der Waals surface area contributed by atoms with E-state index in [9.17, 15) is 9.18 Å². The monoisotopic (exact) mass is 399 g/mol. The van der Waals surface area contributed by atoms with Gasteiger partial charge < -0.3 is 15.8 Å². The van der Waals surface area contributed by atoms with E-state index in [0.29, 0.717) is 30.3 Å². The molecule has 1 aromatic carbocycles. The molecule has 0 aliphatic carbocycles. The predicted molar refractivity (Wildman–Crippen MR) is 103 cm³/mol. The largest absolute Gasteiger partial charge is 0.381 e. The molecule has 0 saturated carbocycles. The second-order valence-corrected chi connectivity index (χ2v) is 7.47. The summed E-state index contributed by atoms with van der Waals surface area (Å²) < 4.78 is 18.9. The third kappa shape index (κ3) is 5.23. The summed E-state index contributed by atoms with van der Waals surface area (Å²) in [5, 5.41) is 3.32. The summed E-state index contributed by atoms with van der Waals surface area (Å²) in [5.74, 6) is -0.282. The number of hydrogen-bond acceptors (Lipinski definition) is 5. The highest BCUT2D eigenvalue weighted by Crippen LogP contribution is 2.23. The first-order valence-corrected chi connectivity index (χ1v) is 9.18. The van der Waals surface area contributed by atoms with E-state index in [-0.39, 0.29) is 30.0 Å². The number of aromatic nitrogens is 1. The first kappa shape index (κ1) is 20.8. The van der Waals surface area contributed by atoms with Gasteiger partial charge in [-0.3, -0.25) is 4.79 Å². The smallest absolute Gasteiger partial charge is 0.243 e. The highest BCUT2D eigenvalue weighted by atomic mass is 35.5. The van der Waals surface area contributed by atoms with Crippen LogP contribution in [-0.2, 0) is 16.0 Å². The normalized spacial score (nSPS) is 16.0. The third-order valence-electron chi connectivity index (χ3n) is 4.47. The second kappa shape index (κ2) is 9.41. The van der Waals surface area contributed by atoms with Crippen LogP contribution < -0.4 is 11.1 Å². The van der Waals surface area contributed by atoms with Crippen molar-refractivity contribution in [2.24, 2.45) is 11.7 Å². The Morgan fingerprint density at radius 2 is 2.19 bits per heavy atom. The lowest BCUT2D eigenvalue weighted by molar-refractivity contribution is -0.119. The molecule has 1 unspecified atom stereocenters. The lowest BCUT2D eigenvalue weighted by Crippen LogP contribution is -2.43. The number of anilines is 1. The van der Waals surface area contributed by atoms with Gasteiger partial charge >= 0.3 is 0 Å². The van der Waals surface area contributed by atoms with E-state index in [1.54, 1.807) is 19.2 Å². The Morgan fingerprint density at radius 1 is 1.46 bits per heavy atom. The Balaban J connectivity index is 0.00000243. The highest BCUT2D eigenvalue weighted by Gasteiger charge is 2.27. The van der Waals surface area contributed by atoms with E-state index < -0.39 is 6.04 Å². The topological polar surface area (TPSA) is 77.2 Å². The van der Waals surface area contributed by atoms with Gasteiger partial charge in [0.05, 0.1) is 6.04 Å². The molecule has 2 heterocycles. The molecule has 0 bridgehead atoms. The minimum atomic E-state index is -0.553. The number of nitrogens with one attached hydrogen (secondary N) is 1. The van der Waals surface area contributed by atoms with Gasteiger partial charge in [-0.15, -0.1) is 23.7 Å². The van der Waals surface area contributed by atoms with Crippen molar-refractivity contribution in [3.8, 4) is 0 Å². The molecule has 5 nitrogen and oxygen atoms in total. The predicted octanol–water partition coefficient (Wildman–Crippen LogP) is 3.30. The first-order valence-electron chi connectivity index (χ1n) is 8.37. The SMILES string of the molecule is Cc1ccc(Cc2cnc(NC(=O)C(N)C3CCOCC3)s2)cc1F.Cl. The van der Waals surface area contributed by atoms with Crippen molar-refractivity contribution in [3.05, 3.63) is 46.2 Å². The quantitative estimate of drug-likeness (QED) is 0.808. The zero-order valence-corrected chi connectivity index (χ0v) is 16.2. The number of nitrogens with two attached hydrogens (primary N) is 1. The molecule has 8 heteroatoms. The maximum atomic E-state index is 13.6. The minimum Gasteiger partial charge on any atom is -0.381 e. The molecule has 1 aromatic heterocycles. The summed E-state index contributed by atoms with van der Waals surface area (Å²) in [7, 11) is 0. The van der Waals surface area contributed by atoms with Crippen LogP contribution in [0.1, 0.15) is 28.8 Å². The maximum absolute atomic E-state index is 13.6. The molecule has 1 saturated heterocycles. The molecule has 1 amide bonds. The Labute approximate surface area is 162 Å². The van der Waals surface area contributed by atoms with Crippen LogP contribution in [0, 0.1) is 18.7 Å². The molecular formula is C18H23ClFN3O2S. The zero-order chi connectivity index (χ0) is 17.8. The molecule has 1 fully saturated rings. The number of hydrogen-bond donors (Lipinski definition) is 2. The van der Waals surface area contributed by atoms with E-state index in [1.807, 2.05) is 6.07 Å². The summed E-state index contributed by atoms with van der Waals surface area (Å²) in [6, 6.07) is 4.65. The molecule has 3 N–H and O–H groups in total. The molecule has 2 aromatic rings. The number of ether oxygens (including phenoxy) is 1. The standard InChI is InChI=1S/C18H22FN3O2S.ClH/c1-11-2-3-12(9-15(11)19)8-14-10-21-18(25-14)22-17(23)16(20)13-4-6-24-7-5-13;/h2-3,9-10,13,16H,4-8,20H2,1H3,(H,21,22,23);1H. The van der Waals surface area contributed by atoms with Crippen LogP contribution in [0.15, 0.2) is 24.4 Å². The Kier molecular flexibility index (Phi) is 7.52. The zero-order valence-electron chi connectivity index (χ0n) is 14.5. The number of thiazole rings is 1. The first-order chi connectivity index (χ1) is 12.0. The lowest BCUT2D eigenvalue weighted by Gasteiger charge is -2.26. The van der Waals surface area contributed by atoms with Crippen molar-refractivity contribution in [2.45, 2.75) is 32.2 Å². The van der Waals surface area contributed by atoms with Gasteiger partial charge in [0, 0.05) is 30.7 Å². The van der Waals surface area contributed by atoms with Gasteiger partial charge in [0.1, 0.15) is 5.82 Å². The number of rotatable bonds is 5. The van der Waals surface area contributed by atoms with Crippen LogP contribution in [0.25, 0.3) is 0 Å². The van der Waals surface area contributed by atoms with E-state index in [2.05, 4.69) is 10.3 Å². The Bertz CT molecular complexity index is 750. The number of amides is 1. The number of halogens is 2. The van der Waals surface area contributed by atoms with E-state index >= 15 is 0 Å². The molecule has 26 heavy (non-hydrogen) atoms. The van der Waals surface area contributed by atoms with Crippen LogP contribution in [0.4, 0.5) is 9.52 Å². The molecule has 142 valence electrons. The maximum Gasteiger partial charge on any atom is 0.243 e. The van der Waals surface area contributed by atoms with Crippen LogP contribution in [0.2, 0.25) is 0 Å². The fourth-order valence-electron chi connectivity index (χ4n) is 2.87. The number of carbonyl (C=O) groups is 1. The van der Waals surface area contributed by atoms with Crippen molar-refractivity contribution < 1.29 is 13.9 Å². The van der Waals surface area contributed by atoms with Gasteiger partial charge in [0.2, 0.25) is 5.91 Å². The van der Waals surface area contributed by atoms with Gasteiger partial charge in [0.25, 0.3) is 0 Å². The molecule has 0 spiro atoms. The van der Waals surface area contributed by atoms with E-state index in [0.717, 1.165) is 23.3 Å². The average Bonchev–Trinajstić information content (AvgIpc) is 3.05. The van der Waals surface area contributed by atoms with Crippen molar-refractivity contribution in [3.63, 3.8) is 0 Å². The molecule has 3 rings (SSSR count). The van der Waals surface area contributed by atoms with Crippen molar-refractivity contribution in [2.75, 3.05) is 18.5 Å². The third-order valence-corrected chi connectivity index (χ3v) is 5.39. The molecule has 1 aliphatic rings. The fraction of sp³-hybridized carbons (Fsp3) is 0.444. The summed E-state index contributed by atoms with van der Waals surface area (Å²) in [5.41, 5.74) is 7.57. The molecule has 1 aliphatic heterocycles. The Morgan fingerprint density at radius 3 is 2.88 bits per heavy atom. The number of benzene rings is 1. The van der Waals surface area contributed by atoms with Gasteiger partial charge in [0.15, 0.2) is 5.13 Å². The molecular weight excluding hydrogens is 377 g/mol. The van der Waals surface area contributed by atoms with Crippen LogP contribution >= 0.6 is 23.7 Å². The summed E-state index contributed by atoms with van der Waals surface area (Å²) in [6.07, 6.45) is 3.89. The number of carbonyl (C=O) groups excluding carboxylic acids is 1. The summed E-state index contributed by atoms with van der Waals surface area (Å²) in [4.78, 5) is 17.5. The average molecular weight is 400 g/mol. The summed E-state index contributed by atoms with van der Waals surface area (Å²) >= 11 is 1.38. The fourth-order valence-corrected chi connectivity index (χ4v) is 3.72. The van der Waals surface area contributed by atoms with Crippen LogP contribution in [-0.4, -0.2) is 30.1 Å². The summed E-state index contributed by atoms with van der Waals surface area (Å²) in [6.45, 7) is 3.04. The van der Waals surface area contributed by atoms with Crippen molar-refractivity contribution in [1.29, 1.82) is 0 Å². The van der Waals surface area contributed by atoms with Crippen molar-refractivity contribution in [1.82, 2.24) is 4.98 Å². The Hall–Kier alpha value is -1.54. The van der Waals surface area contributed by atoms with Gasteiger partial charge in [-0.05, 0) is 42.9 Å². The number of aryl methyl sites for hydroxylation is 1.